The van der Waals surface area contributed by atoms with Gasteiger partial charge in [-0.05, 0) is 24.6 Å². The molecule has 1 aromatic carbocycles. The van der Waals surface area contributed by atoms with Crippen LogP contribution in [0.1, 0.15) is 24.9 Å². The van der Waals surface area contributed by atoms with Gasteiger partial charge in [0.2, 0.25) is 0 Å². The van der Waals surface area contributed by atoms with Gasteiger partial charge in [0.05, 0.1) is 0 Å². The number of aliphatic imine (C=N–C) groups is 1. The van der Waals surface area contributed by atoms with E-state index >= 15 is 0 Å². The molecule has 0 amide bonds. The monoisotopic (exact) mass is 399 g/mol. The summed E-state index contributed by atoms with van der Waals surface area (Å²) in [6.07, 6.45) is 2.61. The minimum Gasteiger partial charge on any atom is -0.357 e. The summed E-state index contributed by atoms with van der Waals surface area (Å²) in [5.41, 5.74) is 1.13. The molecular formula is C16H20BrF2N5. The van der Waals surface area contributed by atoms with E-state index in [0.29, 0.717) is 19.0 Å². The zero-order chi connectivity index (χ0) is 17.5. The van der Waals surface area contributed by atoms with Gasteiger partial charge in [0, 0.05) is 37.0 Å². The fourth-order valence-electron chi connectivity index (χ4n) is 2.20. The van der Waals surface area contributed by atoms with Gasteiger partial charge in [0.1, 0.15) is 12.4 Å². The molecule has 0 unspecified atom stereocenters. The fourth-order valence-corrected chi connectivity index (χ4v) is 2.46. The van der Waals surface area contributed by atoms with Gasteiger partial charge in [-0.1, -0.05) is 28.1 Å². The lowest BCUT2D eigenvalue weighted by Crippen LogP contribution is -2.38. The fraction of sp³-hybridized carbons (Fsp3) is 0.375. The van der Waals surface area contributed by atoms with E-state index in [2.05, 4.69) is 31.2 Å². The quantitative estimate of drug-likeness (QED) is 0.595. The summed E-state index contributed by atoms with van der Waals surface area (Å²) in [5, 5.41) is 3.17. The average Bonchev–Trinajstić information content (AvgIpc) is 3.02. The maximum Gasteiger partial charge on any atom is 0.319 e. The molecule has 0 aliphatic heterocycles. The lowest BCUT2D eigenvalue weighted by Gasteiger charge is -2.22. The number of nitrogens with zero attached hydrogens (tertiary/aromatic N) is 4. The van der Waals surface area contributed by atoms with Crippen LogP contribution in [0.15, 0.2) is 46.1 Å². The predicted molar refractivity (Wildman–Crippen MR) is 93.9 cm³/mol. The molecule has 0 aliphatic rings. The van der Waals surface area contributed by atoms with Crippen molar-refractivity contribution in [2.45, 2.75) is 26.6 Å². The van der Waals surface area contributed by atoms with Crippen LogP contribution in [-0.4, -0.2) is 34.0 Å². The maximum absolute atomic E-state index is 12.9. The van der Waals surface area contributed by atoms with Crippen molar-refractivity contribution in [2.75, 3.05) is 13.6 Å². The SMILES string of the molecule is CCNC(=NCc1nccn1C(F)F)N(C)Cc1ccc(Br)cc1. The Morgan fingerprint density at radius 2 is 2.08 bits per heavy atom. The highest BCUT2D eigenvalue weighted by molar-refractivity contribution is 9.10. The van der Waals surface area contributed by atoms with Gasteiger partial charge in [-0.25, -0.2) is 9.98 Å². The first kappa shape index (κ1) is 18.4. The standard InChI is InChI=1S/C16H20BrF2N5/c1-3-20-16(22-10-14-21-8-9-24(14)15(18)19)23(2)11-12-4-6-13(17)7-5-12/h4-9,15H,3,10-11H2,1-2H3,(H,20,22). The molecule has 0 bridgehead atoms. The summed E-state index contributed by atoms with van der Waals surface area (Å²) >= 11 is 3.41. The van der Waals surface area contributed by atoms with Gasteiger partial charge in [0.15, 0.2) is 5.96 Å². The molecule has 1 N–H and O–H groups in total. The van der Waals surface area contributed by atoms with Crippen LogP contribution in [0.25, 0.3) is 0 Å². The molecule has 130 valence electrons. The Labute approximate surface area is 148 Å². The molecule has 8 heteroatoms. The minimum absolute atomic E-state index is 0.0876. The van der Waals surface area contributed by atoms with Gasteiger partial charge in [0.25, 0.3) is 0 Å². The zero-order valence-electron chi connectivity index (χ0n) is 13.6. The highest BCUT2D eigenvalue weighted by Gasteiger charge is 2.12. The van der Waals surface area contributed by atoms with Crippen molar-refractivity contribution in [2.24, 2.45) is 4.99 Å². The molecule has 1 aromatic heterocycles. The molecule has 1 heterocycles. The van der Waals surface area contributed by atoms with Crippen molar-refractivity contribution in [3.8, 4) is 0 Å². The number of aromatic nitrogens is 2. The van der Waals surface area contributed by atoms with Crippen LogP contribution in [0, 0.1) is 0 Å². The molecule has 2 rings (SSSR count). The Morgan fingerprint density at radius 1 is 1.38 bits per heavy atom. The number of guanidine groups is 1. The van der Waals surface area contributed by atoms with Crippen molar-refractivity contribution in [1.82, 2.24) is 19.8 Å². The number of halogens is 3. The molecule has 0 aliphatic carbocycles. The molecule has 5 nitrogen and oxygen atoms in total. The Bertz CT molecular complexity index is 669. The first-order chi connectivity index (χ1) is 11.5. The molecular weight excluding hydrogens is 380 g/mol. The first-order valence-corrected chi connectivity index (χ1v) is 8.34. The predicted octanol–water partition coefficient (Wildman–Crippen LogP) is 3.64. The van der Waals surface area contributed by atoms with Crippen LogP contribution < -0.4 is 5.32 Å². The number of imidazole rings is 1. The molecule has 24 heavy (non-hydrogen) atoms. The second-order valence-corrected chi connectivity index (χ2v) is 6.10. The van der Waals surface area contributed by atoms with E-state index in [-0.39, 0.29) is 12.4 Å². The van der Waals surface area contributed by atoms with Crippen molar-refractivity contribution >= 4 is 21.9 Å². The lowest BCUT2D eigenvalue weighted by molar-refractivity contribution is 0.0671. The number of nitrogens with one attached hydrogen (secondary N) is 1. The van der Waals surface area contributed by atoms with E-state index in [1.807, 2.05) is 43.1 Å². The largest absolute Gasteiger partial charge is 0.357 e. The highest BCUT2D eigenvalue weighted by atomic mass is 79.9. The third-order valence-electron chi connectivity index (χ3n) is 3.36. The molecule has 0 radical (unpaired) electrons. The van der Waals surface area contributed by atoms with Crippen molar-refractivity contribution in [1.29, 1.82) is 0 Å². The van der Waals surface area contributed by atoms with Crippen LogP contribution in [0.4, 0.5) is 8.78 Å². The molecule has 0 saturated carbocycles. The first-order valence-electron chi connectivity index (χ1n) is 7.55. The van der Waals surface area contributed by atoms with Gasteiger partial charge < -0.3 is 10.2 Å². The van der Waals surface area contributed by atoms with Crippen LogP contribution in [0.3, 0.4) is 0 Å². The zero-order valence-corrected chi connectivity index (χ0v) is 15.2. The Morgan fingerprint density at radius 3 is 2.71 bits per heavy atom. The summed E-state index contributed by atoms with van der Waals surface area (Å²) in [7, 11) is 1.91. The molecule has 2 aromatic rings. The molecule has 0 saturated heterocycles. The Kier molecular flexibility index (Phi) is 6.72. The smallest absolute Gasteiger partial charge is 0.319 e. The van der Waals surface area contributed by atoms with E-state index in [1.165, 1.54) is 12.4 Å². The van der Waals surface area contributed by atoms with Crippen LogP contribution in [0.2, 0.25) is 0 Å². The molecule has 0 fully saturated rings. The molecule has 0 spiro atoms. The van der Waals surface area contributed by atoms with Crippen LogP contribution >= 0.6 is 15.9 Å². The number of rotatable bonds is 6. The van der Waals surface area contributed by atoms with Crippen molar-refractivity contribution in [3.05, 3.63) is 52.5 Å². The third-order valence-corrected chi connectivity index (χ3v) is 3.89. The summed E-state index contributed by atoms with van der Waals surface area (Å²) in [6, 6.07) is 8.00. The van der Waals surface area contributed by atoms with Gasteiger partial charge >= 0.3 is 6.55 Å². The number of hydrogen-bond acceptors (Lipinski definition) is 2. The maximum atomic E-state index is 12.9. The van der Waals surface area contributed by atoms with E-state index in [1.54, 1.807) is 0 Å². The van der Waals surface area contributed by atoms with E-state index in [9.17, 15) is 8.78 Å². The normalized spacial score (nSPS) is 11.8. The average molecular weight is 400 g/mol. The van der Waals surface area contributed by atoms with Crippen molar-refractivity contribution in [3.63, 3.8) is 0 Å². The van der Waals surface area contributed by atoms with Crippen molar-refractivity contribution < 1.29 is 8.78 Å². The number of alkyl halides is 2. The second kappa shape index (κ2) is 8.77. The van der Waals surface area contributed by atoms with Crippen LogP contribution in [-0.2, 0) is 13.1 Å². The topological polar surface area (TPSA) is 45.5 Å². The summed E-state index contributed by atoms with van der Waals surface area (Å²) in [6.45, 7) is 0.781. The Hall–Kier alpha value is -1.96. The number of hydrogen-bond donors (Lipinski definition) is 1. The van der Waals surface area contributed by atoms with E-state index in [0.717, 1.165) is 14.6 Å². The van der Waals surface area contributed by atoms with Gasteiger partial charge in [-0.15, -0.1) is 0 Å². The third kappa shape index (κ3) is 5.02. The number of benzene rings is 1. The lowest BCUT2D eigenvalue weighted by atomic mass is 10.2. The van der Waals surface area contributed by atoms with E-state index in [4.69, 9.17) is 0 Å². The van der Waals surface area contributed by atoms with Gasteiger partial charge in [-0.3, -0.25) is 4.57 Å². The molecule has 0 atom stereocenters. The highest BCUT2D eigenvalue weighted by Crippen LogP contribution is 2.14. The summed E-state index contributed by atoms with van der Waals surface area (Å²) in [5.74, 6) is 0.877. The minimum atomic E-state index is -2.61. The van der Waals surface area contributed by atoms with E-state index < -0.39 is 6.55 Å². The summed E-state index contributed by atoms with van der Waals surface area (Å²) < 4.78 is 27.6. The van der Waals surface area contributed by atoms with Gasteiger partial charge in [-0.2, -0.15) is 8.78 Å². The summed E-state index contributed by atoms with van der Waals surface area (Å²) in [4.78, 5) is 10.3. The van der Waals surface area contributed by atoms with Crippen LogP contribution in [0.5, 0.6) is 0 Å². The Balaban J connectivity index is 2.09. The second-order valence-electron chi connectivity index (χ2n) is 5.18.